The summed E-state index contributed by atoms with van der Waals surface area (Å²) in [5.41, 5.74) is 0. The molecule has 2 atom stereocenters. The zero-order valence-electron chi connectivity index (χ0n) is 10.8. The van der Waals surface area contributed by atoms with E-state index in [4.69, 9.17) is 0 Å². The zero-order valence-corrected chi connectivity index (χ0v) is 10.8. The van der Waals surface area contributed by atoms with Crippen LogP contribution in [0.5, 0.6) is 0 Å². The average molecular weight is 212 g/mol. The van der Waals surface area contributed by atoms with Crippen LogP contribution in [0.4, 0.5) is 0 Å². The maximum atomic E-state index is 3.53. The van der Waals surface area contributed by atoms with Crippen molar-refractivity contribution >= 4 is 0 Å². The molecule has 1 saturated heterocycles. The van der Waals surface area contributed by atoms with Crippen molar-refractivity contribution in [2.75, 3.05) is 19.6 Å². The highest BCUT2D eigenvalue weighted by Crippen LogP contribution is 2.16. The van der Waals surface area contributed by atoms with Gasteiger partial charge in [-0.3, -0.25) is 4.90 Å². The Hall–Kier alpha value is -0.0800. The Kier molecular flexibility index (Phi) is 6.26. The van der Waals surface area contributed by atoms with Gasteiger partial charge < -0.3 is 5.32 Å². The van der Waals surface area contributed by atoms with E-state index in [1.165, 1.54) is 51.7 Å². The Morgan fingerprint density at radius 3 is 2.67 bits per heavy atom. The van der Waals surface area contributed by atoms with Crippen LogP contribution in [0.1, 0.15) is 52.9 Å². The molecular formula is C13H28N2. The van der Waals surface area contributed by atoms with Gasteiger partial charge in [0.15, 0.2) is 0 Å². The quantitative estimate of drug-likeness (QED) is 0.728. The predicted molar refractivity (Wildman–Crippen MR) is 67.3 cm³/mol. The van der Waals surface area contributed by atoms with Crippen molar-refractivity contribution < 1.29 is 0 Å². The molecule has 0 bridgehead atoms. The van der Waals surface area contributed by atoms with Gasteiger partial charge in [0.05, 0.1) is 0 Å². The molecule has 0 amide bonds. The van der Waals surface area contributed by atoms with Gasteiger partial charge in [0, 0.05) is 18.6 Å². The van der Waals surface area contributed by atoms with Crippen LogP contribution >= 0.6 is 0 Å². The summed E-state index contributed by atoms with van der Waals surface area (Å²) in [4.78, 5) is 2.73. The molecule has 0 aromatic carbocycles. The third kappa shape index (κ3) is 4.12. The third-order valence-electron chi connectivity index (χ3n) is 3.49. The summed E-state index contributed by atoms with van der Waals surface area (Å²) in [5.74, 6) is 0. The summed E-state index contributed by atoms with van der Waals surface area (Å²) in [6.07, 6.45) is 6.67. The molecule has 1 N–H and O–H groups in total. The minimum atomic E-state index is 0.764. The molecule has 1 aliphatic rings. The fraction of sp³-hybridized carbons (Fsp3) is 1.00. The Labute approximate surface area is 95.4 Å². The van der Waals surface area contributed by atoms with Gasteiger partial charge in [0.25, 0.3) is 0 Å². The number of hydrogen-bond donors (Lipinski definition) is 1. The molecule has 90 valence electrons. The molecule has 1 aliphatic heterocycles. The molecule has 2 nitrogen and oxygen atoms in total. The van der Waals surface area contributed by atoms with E-state index >= 15 is 0 Å². The summed E-state index contributed by atoms with van der Waals surface area (Å²) in [7, 11) is 0. The molecule has 1 heterocycles. The first-order valence-electron chi connectivity index (χ1n) is 6.76. The number of nitrogens with one attached hydrogen (secondary N) is 1. The summed E-state index contributed by atoms with van der Waals surface area (Å²) >= 11 is 0. The van der Waals surface area contributed by atoms with Crippen molar-refractivity contribution in [3.63, 3.8) is 0 Å². The van der Waals surface area contributed by atoms with Crippen LogP contribution in [0.3, 0.4) is 0 Å². The summed E-state index contributed by atoms with van der Waals surface area (Å²) in [6, 6.07) is 1.56. The first-order valence-corrected chi connectivity index (χ1v) is 6.76. The van der Waals surface area contributed by atoms with Crippen LogP contribution in [0.15, 0.2) is 0 Å². The van der Waals surface area contributed by atoms with Crippen molar-refractivity contribution in [3.05, 3.63) is 0 Å². The lowest BCUT2D eigenvalue weighted by molar-refractivity contribution is 0.115. The monoisotopic (exact) mass is 212 g/mol. The lowest BCUT2D eigenvalue weighted by atomic mass is 10.0. The van der Waals surface area contributed by atoms with Crippen LogP contribution in [0, 0.1) is 0 Å². The minimum Gasteiger partial charge on any atom is -0.315 e. The lowest BCUT2D eigenvalue weighted by Gasteiger charge is -2.38. The molecule has 2 heteroatoms. The number of hydrogen-bond acceptors (Lipinski definition) is 2. The summed E-state index contributed by atoms with van der Waals surface area (Å²) in [6.45, 7) is 10.7. The van der Waals surface area contributed by atoms with Crippen LogP contribution in [0.25, 0.3) is 0 Å². The van der Waals surface area contributed by atoms with Gasteiger partial charge in [-0.25, -0.2) is 0 Å². The van der Waals surface area contributed by atoms with Crippen molar-refractivity contribution in [1.29, 1.82) is 0 Å². The molecule has 0 spiro atoms. The molecule has 1 fully saturated rings. The van der Waals surface area contributed by atoms with Gasteiger partial charge in [-0.2, -0.15) is 0 Å². The molecule has 1 rings (SSSR count). The largest absolute Gasteiger partial charge is 0.315 e. The second kappa shape index (κ2) is 7.24. The van der Waals surface area contributed by atoms with Crippen molar-refractivity contribution in [2.45, 2.75) is 65.0 Å². The van der Waals surface area contributed by atoms with Gasteiger partial charge in [0.2, 0.25) is 0 Å². The molecule has 0 aliphatic carbocycles. The summed E-state index contributed by atoms with van der Waals surface area (Å²) < 4.78 is 0. The van der Waals surface area contributed by atoms with Gasteiger partial charge in [0.1, 0.15) is 0 Å². The molecule has 2 unspecified atom stereocenters. The third-order valence-corrected chi connectivity index (χ3v) is 3.49. The zero-order chi connectivity index (χ0) is 11.1. The molecular weight excluding hydrogens is 184 g/mol. The number of piperidine rings is 1. The van der Waals surface area contributed by atoms with E-state index in [1.807, 2.05) is 0 Å². The highest BCUT2D eigenvalue weighted by molar-refractivity contribution is 4.81. The lowest BCUT2D eigenvalue weighted by Crippen LogP contribution is -2.49. The van der Waals surface area contributed by atoms with Crippen LogP contribution in [0.2, 0.25) is 0 Å². The smallest absolute Gasteiger partial charge is 0.0223 e. The van der Waals surface area contributed by atoms with Crippen molar-refractivity contribution in [3.8, 4) is 0 Å². The normalized spacial score (nSPS) is 24.4. The van der Waals surface area contributed by atoms with E-state index in [-0.39, 0.29) is 0 Å². The van der Waals surface area contributed by atoms with Crippen LogP contribution in [-0.4, -0.2) is 36.6 Å². The van der Waals surface area contributed by atoms with Crippen molar-refractivity contribution in [1.82, 2.24) is 10.2 Å². The Morgan fingerprint density at radius 1 is 1.33 bits per heavy atom. The first-order chi connectivity index (χ1) is 7.29. The predicted octanol–water partition coefficient (Wildman–Crippen LogP) is 2.64. The highest BCUT2D eigenvalue weighted by atomic mass is 15.2. The number of rotatable bonds is 6. The van der Waals surface area contributed by atoms with E-state index < -0.39 is 0 Å². The highest BCUT2D eigenvalue weighted by Gasteiger charge is 2.23. The van der Waals surface area contributed by atoms with Gasteiger partial charge >= 0.3 is 0 Å². The molecule has 0 aromatic rings. The maximum Gasteiger partial charge on any atom is 0.0223 e. The average Bonchev–Trinajstić information content (AvgIpc) is 2.27. The SMILES string of the molecule is CCCC(C)N(CCC)C1CCCNC1. The fourth-order valence-electron chi connectivity index (χ4n) is 2.72. The van der Waals surface area contributed by atoms with Crippen LogP contribution < -0.4 is 5.32 Å². The Bertz CT molecular complexity index is 153. The van der Waals surface area contributed by atoms with E-state index in [1.54, 1.807) is 0 Å². The van der Waals surface area contributed by atoms with Gasteiger partial charge in [-0.1, -0.05) is 20.3 Å². The standard InChI is InChI=1S/C13H28N2/c1-4-7-12(3)15(10-5-2)13-8-6-9-14-11-13/h12-14H,4-11H2,1-3H3. The Morgan fingerprint density at radius 2 is 2.13 bits per heavy atom. The van der Waals surface area contributed by atoms with Crippen LogP contribution in [-0.2, 0) is 0 Å². The van der Waals surface area contributed by atoms with Gasteiger partial charge in [-0.05, 0) is 45.7 Å². The fourth-order valence-corrected chi connectivity index (χ4v) is 2.72. The second-order valence-electron chi connectivity index (χ2n) is 4.88. The first kappa shape index (κ1) is 13.0. The minimum absolute atomic E-state index is 0.764. The molecule has 0 aromatic heterocycles. The van der Waals surface area contributed by atoms with E-state index in [0.29, 0.717) is 0 Å². The van der Waals surface area contributed by atoms with E-state index in [2.05, 4.69) is 31.0 Å². The topological polar surface area (TPSA) is 15.3 Å². The molecule has 15 heavy (non-hydrogen) atoms. The summed E-state index contributed by atoms with van der Waals surface area (Å²) in [5, 5.41) is 3.53. The number of nitrogens with zero attached hydrogens (tertiary/aromatic N) is 1. The maximum absolute atomic E-state index is 3.53. The molecule has 0 radical (unpaired) electrons. The second-order valence-corrected chi connectivity index (χ2v) is 4.88. The van der Waals surface area contributed by atoms with E-state index in [9.17, 15) is 0 Å². The van der Waals surface area contributed by atoms with Gasteiger partial charge in [-0.15, -0.1) is 0 Å². The molecule has 0 saturated carbocycles. The van der Waals surface area contributed by atoms with Crippen molar-refractivity contribution in [2.24, 2.45) is 0 Å². The van der Waals surface area contributed by atoms with E-state index in [0.717, 1.165) is 12.1 Å². The Balaban J connectivity index is 2.46.